The van der Waals surface area contributed by atoms with Crippen molar-refractivity contribution in [1.29, 1.82) is 0 Å². The minimum Gasteiger partial charge on any atom is -0.481 e. The molecule has 1 rings (SSSR count). The second-order valence-electron chi connectivity index (χ2n) is 6.33. The van der Waals surface area contributed by atoms with E-state index in [1.165, 1.54) is 12.8 Å². The van der Waals surface area contributed by atoms with Crippen LogP contribution in [0, 0.1) is 17.8 Å². The van der Waals surface area contributed by atoms with Crippen molar-refractivity contribution in [3.63, 3.8) is 0 Å². The summed E-state index contributed by atoms with van der Waals surface area (Å²) in [7, 11) is 0. The number of carbonyl (C=O) groups is 2. The quantitative estimate of drug-likeness (QED) is 0.548. The van der Waals surface area contributed by atoms with E-state index in [1.54, 1.807) is 0 Å². The Hall–Kier alpha value is -1.26. The number of carboxylic acids is 1. The van der Waals surface area contributed by atoms with Gasteiger partial charge < -0.3 is 15.7 Å². The maximum atomic E-state index is 11.7. The van der Waals surface area contributed by atoms with Crippen LogP contribution in [0.25, 0.3) is 0 Å². The lowest BCUT2D eigenvalue weighted by molar-refractivity contribution is -0.137. The molecule has 0 spiro atoms. The summed E-state index contributed by atoms with van der Waals surface area (Å²) < 4.78 is 0. The van der Waals surface area contributed by atoms with Crippen LogP contribution in [0.15, 0.2) is 0 Å². The molecule has 5 heteroatoms. The van der Waals surface area contributed by atoms with Gasteiger partial charge in [-0.25, -0.2) is 4.79 Å². The molecule has 2 unspecified atom stereocenters. The van der Waals surface area contributed by atoms with Gasteiger partial charge in [0.25, 0.3) is 0 Å². The van der Waals surface area contributed by atoms with Crippen LogP contribution in [0.3, 0.4) is 0 Å². The van der Waals surface area contributed by atoms with Crippen LogP contribution in [0.2, 0.25) is 0 Å². The lowest BCUT2D eigenvalue weighted by atomic mass is 9.94. The second kappa shape index (κ2) is 9.64. The fourth-order valence-electron chi connectivity index (χ4n) is 2.71. The van der Waals surface area contributed by atoms with Crippen molar-refractivity contribution in [2.24, 2.45) is 17.8 Å². The summed E-state index contributed by atoms with van der Waals surface area (Å²) in [5.74, 6) is 1.02. The Labute approximate surface area is 127 Å². The average Bonchev–Trinajstić information content (AvgIpc) is 3.26. The van der Waals surface area contributed by atoms with Crippen molar-refractivity contribution < 1.29 is 14.7 Å². The van der Waals surface area contributed by atoms with E-state index in [4.69, 9.17) is 5.11 Å². The molecule has 0 aromatic carbocycles. The van der Waals surface area contributed by atoms with Crippen molar-refractivity contribution in [3.8, 4) is 0 Å². The van der Waals surface area contributed by atoms with E-state index in [2.05, 4.69) is 24.5 Å². The van der Waals surface area contributed by atoms with Gasteiger partial charge in [0.2, 0.25) is 0 Å². The van der Waals surface area contributed by atoms with Crippen molar-refractivity contribution in [2.75, 3.05) is 13.1 Å². The fraction of sp³-hybridized carbons (Fsp3) is 0.875. The maximum absolute atomic E-state index is 11.7. The van der Waals surface area contributed by atoms with Gasteiger partial charge in [-0.05, 0) is 43.4 Å². The number of carboxylic acid groups (broad SMARTS) is 1. The van der Waals surface area contributed by atoms with Gasteiger partial charge in [-0.15, -0.1) is 0 Å². The van der Waals surface area contributed by atoms with Crippen molar-refractivity contribution in [3.05, 3.63) is 0 Å². The minimum absolute atomic E-state index is 0.101. The number of amides is 2. The lowest BCUT2D eigenvalue weighted by Crippen LogP contribution is -2.39. The molecule has 1 fully saturated rings. The van der Waals surface area contributed by atoms with Crippen LogP contribution in [0.5, 0.6) is 0 Å². The molecule has 2 amide bonds. The number of aliphatic carboxylic acids is 1. The first kappa shape index (κ1) is 17.8. The van der Waals surface area contributed by atoms with E-state index >= 15 is 0 Å². The van der Waals surface area contributed by atoms with Crippen LogP contribution in [-0.2, 0) is 4.79 Å². The molecule has 0 aromatic heterocycles. The van der Waals surface area contributed by atoms with Crippen LogP contribution in [0.4, 0.5) is 4.79 Å². The summed E-state index contributed by atoms with van der Waals surface area (Å²) >= 11 is 0. The molecule has 0 saturated heterocycles. The highest BCUT2D eigenvalue weighted by Gasteiger charge is 2.27. The predicted molar refractivity (Wildman–Crippen MR) is 83.2 cm³/mol. The molecule has 1 saturated carbocycles. The summed E-state index contributed by atoms with van der Waals surface area (Å²) in [6.07, 6.45) is 6.44. The van der Waals surface area contributed by atoms with Crippen LogP contribution in [0.1, 0.15) is 58.8 Å². The van der Waals surface area contributed by atoms with E-state index in [0.717, 1.165) is 31.7 Å². The predicted octanol–water partition coefficient (Wildman–Crippen LogP) is 3.00. The number of hydrogen-bond donors (Lipinski definition) is 3. The first-order valence-electron chi connectivity index (χ1n) is 8.26. The largest absolute Gasteiger partial charge is 0.481 e. The van der Waals surface area contributed by atoms with Crippen molar-refractivity contribution >= 4 is 12.0 Å². The van der Waals surface area contributed by atoms with Gasteiger partial charge in [0, 0.05) is 19.5 Å². The standard InChI is InChI=1S/C16H30N2O3/c1-3-4-13(5-8-15(19)20)9-10-17-16(21)18-11-12(2)14-6-7-14/h12-14H,3-11H2,1-2H3,(H,19,20)(H2,17,18,21). The highest BCUT2D eigenvalue weighted by molar-refractivity contribution is 5.73. The fourth-order valence-corrected chi connectivity index (χ4v) is 2.71. The van der Waals surface area contributed by atoms with E-state index < -0.39 is 5.97 Å². The Kier molecular flexibility index (Phi) is 8.16. The number of rotatable bonds is 11. The van der Waals surface area contributed by atoms with E-state index in [0.29, 0.717) is 24.8 Å². The second-order valence-corrected chi connectivity index (χ2v) is 6.33. The maximum Gasteiger partial charge on any atom is 0.314 e. The van der Waals surface area contributed by atoms with Gasteiger partial charge in [0.05, 0.1) is 0 Å². The summed E-state index contributed by atoms with van der Waals surface area (Å²) in [6.45, 7) is 5.65. The average molecular weight is 298 g/mol. The van der Waals surface area contributed by atoms with Crippen molar-refractivity contribution in [1.82, 2.24) is 10.6 Å². The summed E-state index contributed by atoms with van der Waals surface area (Å²) in [4.78, 5) is 22.3. The van der Waals surface area contributed by atoms with Gasteiger partial charge in [-0.1, -0.05) is 26.7 Å². The molecule has 1 aliphatic carbocycles. The van der Waals surface area contributed by atoms with Gasteiger partial charge in [-0.2, -0.15) is 0 Å². The number of nitrogens with one attached hydrogen (secondary N) is 2. The van der Waals surface area contributed by atoms with Crippen LogP contribution in [-0.4, -0.2) is 30.2 Å². The van der Waals surface area contributed by atoms with Crippen LogP contribution >= 0.6 is 0 Å². The smallest absolute Gasteiger partial charge is 0.314 e. The first-order valence-corrected chi connectivity index (χ1v) is 8.26. The van der Waals surface area contributed by atoms with E-state index in [-0.39, 0.29) is 12.5 Å². The van der Waals surface area contributed by atoms with Gasteiger partial charge >= 0.3 is 12.0 Å². The third-order valence-electron chi connectivity index (χ3n) is 4.31. The lowest BCUT2D eigenvalue weighted by Gasteiger charge is -2.16. The number of urea groups is 1. The SMILES string of the molecule is CCCC(CCNC(=O)NCC(C)C1CC1)CCC(=O)O. The monoisotopic (exact) mass is 298 g/mol. The molecule has 21 heavy (non-hydrogen) atoms. The molecule has 5 nitrogen and oxygen atoms in total. The topological polar surface area (TPSA) is 78.4 Å². The Bertz CT molecular complexity index is 329. The van der Waals surface area contributed by atoms with E-state index in [1.807, 2.05) is 0 Å². The molecule has 2 atom stereocenters. The first-order chi connectivity index (χ1) is 10.0. The third-order valence-corrected chi connectivity index (χ3v) is 4.31. The van der Waals surface area contributed by atoms with Crippen LogP contribution < -0.4 is 10.6 Å². The summed E-state index contributed by atoms with van der Waals surface area (Å²) in [5.41, 5.74) is 0. The molecule has 0 heterocycles. The van der Waals surface area contributed by atoms with Crippen molar-refractivity contribution in [2.45, 2.75) is 58.8 Å². The molecular formula is C16H30N2O3. The molecule has 0 aliphatic heterocycles. The highest BCUT2D eigenvalue weighted by atomic mass is 16.4. The minimum atomic E-state index is -0.740. The zero-order chi connectivity index (χ0) is 15.7. The summed E-state index contributed by atoms with van der Waals surface area (Å²) in [5, 5.41) is 14.5. The third kappa shape index (κ3) is 8.58. The molecule has 122 valence electrons. The Morgan fingerprint density at radius 1 is 1.19 bits per heavy atom. The Morgan fingerprint density at radius 3 is 2.48 bits per heavy atom. The van der Waals surface area contributed by atoms with Gasteiger partial charge in [-0.3, -0.25) is 4.79 Å². The number of carbonyl (C=O) groups excluding carboxylic acids is 1. The Morgan fingerprint density at radius 2 is 1.90 bits per heavy atom. The molecule has 0 aromatic rings. The zero-order valence-electron chi connectivity index (χ0n) is 13.4. The van der Waals surface area contributed by atoms with Gasteiger partial charge in [0.1, 0.15) is 0 Å². The molecule has 3 N–H and O–H groups in total. The highest BCUT2D eigenvalue weighted by Crippen LogP contribution is 2.35. The van der Waals surface area contributed by atoms with E-state index in [9.17, 15) is 9.59 Å². The molecule has 1 aliphatic rings. The summed E-state index contributed by atoms with van der Waals surface area (Å²) in [6, 6.07) is -0.101. The molecule has 0 bridgehead atoms. The Balaban J connectivity index is 2.10. The molecular weight excluding hydrogens is 268 g/mol. The zero-order valence-corrected chi connectivity index (χ0v) is 13.4. The van der Waals surface area contributed by atoms with Gasteiger partial charge in [0.15, 0.2) is 0 Å². The normalized spacial score (nSPS) is 17.0. The number of hydrogen-bond acceptors (Lipinski definition) is 2. The molecule has 0 radical (unpaired) electrons.